The second-order valence-electron chi connectivity index (χ2n) is 5.61. The Bertz CT molecular complexity index is 661. The summed E-state index contributed by atoms with van der Waals surface area (Å²) in [6, 6.07) is 4.62. The van der Waals surface area contributed by atoms with Crippen molar-refractivity contribution in [2.45, 2.75) is 44.4 Å². The molecule has 3 rings (SSSR count). The summed E-state index contributed by atoms with van der Waals surface area (Å²) in [4.78, 5) is 0. The highest BCUT2D eigenvalue weighted by atomic mass is 35.5. The molecule has 0 aliphatic heterocycles. The van der Waals surface area contributed by atoms with Gasteiger partial charge in [-0.15, -0.1) is 11.6 Å². The van der Waals surface area contributed by atoms with Gasteiger partial charge in [0.25, 0.3) is 0 Å². The first-order chi connectivity index (χ1) is 10.1. The van der Waals surface area contributed by atoms with Crippen LogP contribution in [0.5, 0.6) is 0 Å². The van der Waals surface area contributed by atoms with Gasteiger partial charge in [-0.25, -0.2) is 9.07 Å². The van der Waals surface area contributed by atoms with Crippen molar-refractivity contribution < 1.29 is 4.39 Å². The van der Waals surface area contributed by atoms with Gasteiger partial charge in [-0.3, -0.25) is 0 Å². The number of aryl methyl sites for hydroxylation is 1. The third-order valence-corrected chi connectivity index (χ3v) is 4.87. The highest BCUT2D eigenvalue weighted by Crippen LogP contribution is 2.38. The Balaban J connectivity index is 2.10. The number of aromatic nitrogens is 2. The highest BCUT2D eigenvalue weighted by Gasteiger charge is 2.26. The monoisotopic (exact) mass is 326 g/mol. The fourth-order valence-corrected chi connectivity index (χ4v) is 3.74. The third kappa shape index (κ3) is 2.69. The van der Waals surface area contributed by atoms with Crippen LogP contribution in [0.3, 0.4) is 0 Å². The molecule has 0 atom stereocenters. The summed E-state index contributed by atoms with van der Waals surface area (Å²) in [5.74, 6) is 0.539. The van der Waals surface area contributed by atoms with Crippen molar-refractivity contribution in [3.8, 4) is 5.69 Å². The molecule has 2 aromatic rings. The molecule has 1 aromatic heterocycles. The van der Waals surface area contributed by atoms with E-state index in [4.69, 9.17) is 28.3 Å². The van der Waals surface area contributed by atoms with E-state index >= 15 is 0 Å². The van der Waals surface area contributed by atoms with Crippen LogP contribution in [0.25, 0.3) is 5.69 Å². The van der Waals surface area contributed by atoms with Crippen LogP contribution >= 0.6 is 23.2 Å². The van der Waals surface area contributed by atoms with E-state index in [1.54, 1.807) is 10.7 Å². The van der Waals surface area contributed by atoms with E-state index in [-0.39, 0.29) is 5.82 Å². The SMILES string of the molecule is Cc1cc(F)ccc1-n1nc(C2CCCC2)c(CCl)c1Cl. The lowest BCUT2D eigenvalue weighted by Crippen LogP contribution is -2.02. The average molecular weight is 327 g/mol. The van der Waals surface area contributed by atoms with Crippen molar-refractivity contribution in [2.24, 2.45) is 0 Å². The highest BCUT2D eigenvalue weighted by molar-refractivity contribution is 6.31. The summed E-state index contributed by atoms with van der Waals surface area (Å²) in [5.41, 5.74) is 3.53. The topological polar surface area (TPSA) is 17.8 Å². The maximum atomic E-state index is 13.3. The summed E-state index contributed by atoms with van der Waals surface area (Å²) < 4.78 is 15.0. The molecule has 0 N–H and O–H groups in total. The van der Waals surface area contributed by atoms with Crippen LogP contribution < -0.4 is 0 Å². The molecule has 1 aliphatic carbocycles. The second kappa shape index (κ2) is 5.98. The molecule has 0 saturated heterocycles. The normalized spacial score (nSPS) is 15.8. The van der Waals surface area contributed by atoms with E-state index in [1.165, 1.54) is 25.0 Å². The number of hydrogen-bond donors (Lipinski definition) is 0. The predicted octanol–water partition coefficient (Wildman–Crippen LogP) is 5.37. The summed E-state index contributed by atoms with van der Waals surface area (Å²) >= 11 is 12.6. The zero-order valence-electron chi connectivity index (χ0n) is 11.9. The first-order valence-electron chi connectivity index (χ1n) is 7.21. The molecule has 1 fully saturated rings. The molecule has 0 unspecified atom stereocenters. The summed E-state index contributed by atoms with van der Waals surface area (Å²) in [5, 5.41) is 5.24. The molecule has 0 spiro atoms. The van der Waals surface area contributed by atoms with Crippen LogP contribution in [-0.2, 0) is 5.88 Å². The number of halogens is 3. The van der Waals surface area contributed by atoms with E-state index in [0.717, 1.165) is 35.3 Å². The molecule has 0 bridgehead atoms. The van der Waals surface area contributed by atoms with E-state index in [1.807, 2.05) is 6.92 Å². The standard InChI is InChI=1S/C16H17Cl2FN2/c1-10-8-12(19)6-7-14(10)21-16(18)13(9-17)15(20-21)11-4-2-3-5-11/h6-8,11H,2-5,9H2,1H3. The zero-order chi connectivity index (χ0) is 15.0. The molecule has 0 amide bonds. The molecule has 1 heterocycles. The van der Waals surface area contributed by atoms with Crippen LogP contribution in [0.15, 0.2) is 18.2 Å². The van der Waals surface area contributed by atoms with Gasteiger partial charge < -0.3 is 0 Å². The van der Waals surface area contributed by atoms with E-state index in [9.17, 15) is 4.39 Å². The molecule has 5 heteroatoms. The minimum atomic E-state index is -0.256. The van der Waals surface area contributed by atoms with Gasteiger partial charge in [0.2, 0.25) is 0 Å². The van der Waals surface area contributed by atoms with E-state index in [0.29, 0.717) is 17.0 Å². The summed E-state index contributed by atoms with van der Waals surface area (Å²) in [6.07, 6.45) is 4.73. The minimum Gasteiger partial charge on any atom is -0.221 e. The maximum absolute atomic E-state index is 13.3. The Morgan fingerprint density at radius 1 is 1.33 bits per heavy atom. The van der Waals surface area contributed by atoms with Gasteiger partial charge in [-0.05, 0) is 43.5 Å². The molecule has 21 heavy (non-hydrogen) atoms. The van der Waals surface area contributed by atoms with Gasteiger partial charge in [0.1, 0.15) is 11.0 Å². The number of hydrogen-bond acceptors (Lipinski definition) is 1. The van der Waals surface area contributed by atoms with Crippen molar-refractivity contribution in [3.63, 3.8) is 0 Å². The molecule has 112 valence electrons. The van der Waals surface area contributed by atoms with Crippen LogP contribution in [0.2, 0.25) is 5.15 Å². The summed E-state index contributed by atoms with van der Waals surface area (Å²) in [6.45, 7) is 1.85. The number of rotatable bonds is 3. The molecule has 2 nitrogen and oxygen atoms in total. The van der Waals surface area contributed by atoms with Gasteiger partial charge in [0, 0.05) is 11.5 Å². The third-order valence-electron chi connectivity index (χ3n) is 4.21. The van der Waals surface area contributed by atoms with E-state index in [2.05, 4.69) is 0 Å². The van der Waals surface area contributed by atoms with Crippen molar-refractivity contribution in [3.05, 3.63) is 46.0 Å². The van der Waals surface area contributed by atoms with Gasteiger partial charge >= 0.3 is 0 Å². The van der Waals surface area contributed by atoms with Crippen molar-refractivity contribution in [1.82, 2.24) is 9.78 Å². The fraction of sp³-hybridized carbons (Fsp3) is 0.438. The van der Waals surface area contributed by atoms with Crippen LogP contribution in [0.1, 0.15) is 48.4 Å². The molecule has 1 aliphatic rings. The van der Waals surface area contributed by atoms with Gasteiger partial charge in [0.05, 0.1) is 17.3 Å². The van der Waals surface area contributed by atoms with Crippen LogP contribution in [-0.4, -0.2) is 9.78 Å². The van der Waals surface area contributed by atoms with Crippen LogP contribution in [0.4, 0.5) is 4.39 Å². The zero-order valence-corrected chi connectivity index (χ0v) is 13.4. The largest absolute Gasteiger partial charge is 0.221 e. The first kappa shape index (κ1) is 14.9. The van der Waals surface area contributed by atoms with Crippen molar-refractivity contribution in [2.75, 3.05) is 0 Å². The predicted molar refractivity (Wildman–Crippen MR) is 84.0 cm³/mol. The average Bonchev–Trinajstić information content (AvgIpc) is 3.07. The van der Waals surface area contributed by atoms with Gasteiger partial charge in [0.15, 0.2) is 0 Å². The lowest BCUT2D eigenvalue weighted by molar-refractivity contribution is 0.625. The number of benzene rings is 1. The Morgan fingerprint density at radius 3 is 2.67 bits per heavy atom. The quantitative estimate of drug-likeness (QED) is 0.693. The molecular formula is C16H17Cl2FN2. The second-order valence-corrected chi connectivity index (χ2v) is 6.24. The van der Waals surface area contributed by atoms with Crippen molar-refractivity contribution >= 4 is 23.2 Å². The number of alkyl halides is 1. The Morgan fingerprint density at radius 2 is 2.05 bits per heavy atom. The smallest absolute Gasteiger partial charge is 0.137 e. The van der Waals surface area contributed by atoms with Crippen LogP contribution in [0, 0.1) is 12.7 Å². The Kier molecular flexibility index (Phi) is 4.23. The Hall–Kier alpha value is -1.06. The molecular weight excluding hydrogens is 310 g/mol. The summed E-state index contributed by atoms with van der Waals surface area (Å²) in [7, 11) is 0. The molecule has 1 aromatic carbocycles. The lowest BCUT2D eigenvalue weighted by Gasteiger charge is -2.08. The van der Waals surface area contributed by atoms with E-state index < -0.39 is 0 Å². The van der Waals surface area contributed by atoms with Gasteiger partial charge in [-0.2, -0.15) is 5.10 Å². The minimum absolute atomic E-state index is 0.256. The first-order valence-corrected chi connectivity index (χ1v) is 8.13. The van der Waals surface area contributed by atoms with Gasteiger partial charge in [-0.1, -0.05) is 24.4 Å². The lowest BCUT2D eigenvalue weighted by atomic mass is 10.0. The Labute approximate surface area is 133 Å². The number of nitrogens with zero attached hydrogens (tertiary/aromatic N) is 2. The van der Waals surface area contributed by atoms with Crippen molar-refractivity contribution in [1.29, 1.82) is 0 Å². The maximum Gasteiger partial charge on any atom is 0.137 e. The molecule has 0 radical (unpaired) electrons. The molecule has 1 saturated carbocycles. The fourth-order valence-electron chi connectivity index (χ4n) is 3.11.